The van der Waals surface area contributed by atoms with Crippen molar-refractivity contribution in [2.45, 2.75) is 20.3 Å². The van der Waals surface area contributed by atoms with Crippen molar-refractivity contribution in [1.82, 2.24) is 14.8 Å². The predicted molar refractivity (Wildman–Crippen MR) is 101 cm³/mol. The van der Waals surface area contributed by atoms with Gasteiger partial charge in [-0.2, -0.15) is 0 Å². The van der Waals surface area contributed by atoms with Crippen LogP contribution < -0.4 is 0 Å². The van der Waals surface area contributed by atoms with Gasteiger partial charge in [-0.1, -0.05) is 26.0 Å². The van der Waals surface area contributed by atoms with Gasteiger partial charge in [-0.15, -0.1) is 0 Å². The second kappa shape index (κ2) is 5.53. The van der Waals surface area contributed by atoms with E-state index in [2.05, 4.69) is 42.7 Å². The molecule has 2 atom stereocenters. The third kappa shape index (κ3) is 2.54. The number of rotatable bonds is 3. The summed E-state index contributed by atoms with van der Waals surface area (Å²) in [5.41, 5.74) is 1.36. The molecule has 0 spiro atoms. The standard InChI is InChI=1S/C21H27N3O/c1-20(2)12-21(13-23(3)4)14-24(11-18(20)21)19(25)16-7-5-6-15-8-9-22-10-17(15)16/h5-10,18H,11-14H2,1-4H3/t18-,21+/m1/s1. The van der Waals surface area contributed by atoms with Crippen molar-refractivity contribution >= 4 is 16.7 Å². The molecule has 2 heterocycles. The first kappa shape index (κ1) is 16.5. The summed E-state index contributed by atoms with van der Waals surface area (Å²) in [6.07, 6.45) is 4.79. The first-order valence-corrected chi connectivity index (χ1v) is 9.09. The van der Waals surface area contributed by atoms with E-state index >= 15 is 0 Å². The molecule has 1 amide bonds. The lowest BCUT2D eigenvalue weighted by atomic mass is 9.48. The Morgan fingerprint density at radius 3 is 2.84 bits per heavy atom. The fourth-order valence-corrected chi connectivity index (χ4v) is 5.59. The molecule has 0 N–H and O–H groups in total. The highest BCUT2D eigenvalue weighted by atomic mass is 16.2. The van der Waals surface area contributed by atoms with Crippen molar-refractivity contribution < 1.29 is 4.79 Å². The van der Waals surface area contributed by atoms with Crippen LogP contribution in [0, 0.1) is 16.7 Å². The highest BCUT2D eigenvalue weighted by Crippen LogP contribution is 2.63. The highest BCUT2D eigenvalue weighted by Gasteiger charge is 2.63. The molecule has 1 aromatic heterocycles. The Morgan fingerprint density at radius 1 is 1.32 bits per heavy atom. The van der Waals surface area contributed by atoms with Crippen LogP contribution in [0.1, 0.15) is 30.6 Å². The summed E-state index contributed by atoms with van der Waals surface area (Å²) in [6.45, 7) is 7.50. The zero-order valence-corrected chi connectivity index (χ0v) is 15.6. The second-order valence-electron chi connectivity index (χ2n) is 8.91. The lowest BCUT2D eigenvalue weighted by molar-refractivity contribution is -0.0789. The van der Waals surface area contributed by atoms with Gasteiger partial charge in [0.05, 0.1) is 0 Å². The van der Waals surface area contributed by atoms with E-state index in [1.807, 2.05) is 30.5 Å². The molecule has 2 aromatic rings. The highest BCUT2D eigenvalue weighted by molar-refractivity contribution is 6.06. The van der Waals surface area contributed by atoms with E-state index in [9.17, 15) is 4.79 Å². The van der Waals surface area contributed by atoms with Crippen LogP contribution in [0.5, 0.6) is 0 Å². The largest absolute Gasteiger partial charge is 0.338 e. The van der Waals surface area contributed by atoms with Crippen LogP contribution in [-0.4, -0.2) is 54.4 Å². The zero-order valence-electron chi connectivity index (χ0n) is 15.6. The Morgan fingerprint density at radius 2 is 2.12 bits per heavy atom. The number of hydrogen-bond acceptors (Lipinski definition) is 3. The van der Waals surface area contributed by atoms with Crippen LogP contribution in [0.2, 0.25) is 0 Å². The maximum absolute atomic E-state index is 13.3. The third-order valence-electron chi connectivity index (χ3n) is 6.23. The minimum absolute atomic E-state index is 0.155. The number of pyridine rings is 1. The van der Waals surface area contributed by atoms with Crippen LogP contribution in [-0.2, 0) is 0 Å². The number of benzene rings is 1. The molecule has 1 saturated heterocycles. The number of fused-ring (bicyclic) bond motifs is 2. The van der Waals surface area contributed by atoms with E-state index in [4.69, 9.17) is 0 Å². The molecule has 0 unspecified atom stereocenters. The predicted octanol–water partition coefficient (Wildman–Crippen LogP) is 3.28. The molecule has 0 radical (unpaired) electrons. The van der Waals surface area contributed by atoms with E-state index in [0.29, 0.717) is 11.3 Å². The second-order valence-corrected chi connectivity index (χ2v) is 8.91. The van der Waals surface area contributed by atoms with Gasteiger partial charge in [0, 0.05) is 48.4 Å². The van der Waals surface area contributed by atoms with Gasteiger partial charge in [-0.05, 0) is 49.4 Å². The van der Waals surface area contributed by atoms with Crippen molar-refractivity contribution in [3.8, 4) is 0 Å². The molecule has 0 bridgehead atoms. The summed E-state index contributed by atoms with van der Waals surface area (Å²) in [4.78, 5) is 21.9. The van der Waals surface area contributed by atoms with Crippen LogP contribution in [0.25, 0.3) is 10.8 Å². The van der Waals surface area contributed by atoms with Crippen LogP contribution in [0.15, 0.2) is 36.7 Å². The maximum Gasteiger partial charge on any atom is 0.254 e. The minimum Gasteiger partial charge on any atom is -0.338 e. The Bertz CT molecular complexity index is 820. The van der Waals surface area contributed by atoms with Crippen LogP contribution >= 0.6 is 0 Å². The van der Waals surface area contributed by atoms with E-state index < -0.39 is 0 Å². The number of carbonyl (C=O) groups is 1. The number of aromatic nitrogens is 1. The van der Waals surface area contributed by atoms with Gasteiger partial charge in [0.2, 0.25) is 0 Å². The maximum atomic E-state index is 13.3. The lowest BCUT2D eigenvalue weighted by Crippen LogP contribution is -2.57. The average molecular weight is 337 g/mol. The molecule has 2 aliphatic rings. The molecule has 132 valence electrons. The summed E-state index contributed by atoms with van der Waals surface area (Å²) in [7, 11) is 4.27. The molecule has 25 heavy (non-hydrogen) atoms. The van der Waals surface area contributed by atoms with Gasteiger partial charge in [-0.25, -0.2) is 0 Å². The number of nitrogens with zero attached hydrogens (tertiary/aromatic N) is 3. The molecular formula is C21H27N3O. The van der Waals surface area contributed by atoms with Crippen molar-refractivity contribution in [3.63, 3.8) is 0 Å². The number of hydrogen-bond donors (Lipinski definition) is 0. The molecule has 1 aromatic carbocycles. The molecule has 1 saturated carbocycles. The Hall–Kier alpha value is -1.94. The fraction of sp³-hybridized carbons (Fsp3) is 0.524. The summed E-state index contributed by atoms with van der Waals surface area (Å²) in [5, 5.41) is 2.03. The summed E-state index contributed by atoms with van der Waals surface area (Å²) in [5.74, 6) is 0.737. The van der Waals surface area contributed by atoms with E-state index in [1.165, 1.54) is 6.42 Å². The quantitative estimate of drug-likeness (QED) is 0.862. The molecule has 4 rings (SSSR count). The van der Waals surface area contributed by atoms with Gasteiger partial charge >= 0.3 is 0 Å². The van der Waals surface area contributed by atoms with Crippen LogP contribution in [0.4, 0.5) is 0 Å². The molecule has 1 aliphatic heterocycles. The smallest absolute Gasteiger partial charge is 0.254 e. The molecule has 2 fully saturated rings. The van der Waals surface area contributed by atoms with Gasteiger partial charge in [0.1, 0.15) is 0 Å². The summed E-state index contributed by atoms with van der Waals surface area (Å²) >= 11 is 0. The van der Waals surface area contributed by atoms with E-state index in [-0.39, 0.29) is 11.3 Å². The SMILES string of the molecule is CN(C)C[C@@]12CN(C(=O)c3cccc4ccncc34)C[C@@H]1C(C)(C)C2. The van der Waals surface area contributed by atoms with Crippen molar-refractivity contribution in [3.05, 3.63) is 42.2 Å². The molecule has 1 aliphatic carbocycles. The van der Waals surface area contributed by atoms with Gasteiger partial charge < -0.3 is 9.80 Å². The lowest BCUT2D eigenvalue weighted by Gasteiger charge is -2.57. The topological polar surface area (TPSA) is 36.4 Å². The average Bonchev–Trinajstić information content (AvgIpc) is 2.87. The van der Waals surface area contributed by atoms with Gasteiger partial charge in [-0.3, -0.25) is 9.78 Å². The Balaban J connectivity index is 1.65. The first-order valence-electron chi connectivity index (χ1n) is 9.09. The molecule has 4 heteroatoms. The molecule has 4 nitrogen and oxygen atoms in total. The summed E-state index contributed by atoms with van der Waals surface area (Å²) < 4.78 is 0. The van der Waals surface area contributed by atoms with E-state index in [0.717, 1.165) is 36.0 Å². The van der Waals surface area contributed by atoms with Crippen molar-refractivity contribution in [2.24, 2.45) is 16.7 Å². The summed E-state index contributed by atoms with van der Waals surface area (Å²) in [6, 6.07) is 7.92. The van der Waals surface area contributed by atoms with E-state index in [1.54, 1.807) is 6.20 Å². The number of amides is 1. The number of likely N-dealkylation sites (tertiary alicyclic amines) is 1. The van der Waals surface area contributed by atoms with Crippen molar-refractivity contribution in [2.75, 3.05) is 33.7 Å². The Kier molecular flexibility index (Phi) is 3.66. The van der Waals surface area contributed by atoms with Crippen LogP contribution in [0.3, 0.4) is 0 Å². The normalized spacial score (nSPS) is 27.4. The minimum atomic E-state index is 0.155. The van der Waals surface area contributed by atoms with Gasteiger partial charge in [0.25, 0.3) is 5.91 Å². The monoisotopic (exact) mass is 337 g/mol. The van der Waals surface area contributed by atoms with Crippen molar-refractivity contribution in [1.29, 1.82) is 0 Å². The zero-order chi connectivity index (χ0) is 17.8. The fourth-order valence-electron chi connectivity index (χ4n) is 5.59. The first-order chi connectivity index (χ1) is 11.8. The van der Waals surface area contributed by atoms with Gasteiger partial charge in [0.15, 0.2) is 0 Å². The third-order valence-corrected chi connectivity index (χ3v) is 6.23. The Labute approximate surface area is 149 Å². The number of carbonyl (C=O) groups excluding carboxylic acids is 1. The molecular weight excluding hydrogens is 310 g/mol.